The highest BCUT2D eigenvalue weighted by Gasteiger charge is 2.61. The van der Waals surface area contributed by atoms with Crippen LogP contribution in [-0.2, 0) is 14.3 Å². The van der Waals surface area contributed by atoms with Gasteiger partial charge in [-0.2, -0.15) is 0 Å². The van der Waals surface area contributed by atoms with Crippen molar-refractivity contribution in [1.82, 2.24) is 0 Å². The number of ketones is 2. The molecule has 0 bridgehead atoms. The Hall–Kier alpha value is -1.38. The topological polar surface area (TPSA) is 43.4 Å². The molecule has 3 rings (SSSR count). The lowest BCUT2D eigenvalue weighted by atomic mass is 9.55. The average molecular weight is 387 g/mol. The molecule has 4 atom stereocenters. The fraction of sp³-hybridized carbons (Fsp3) is 0.760. The zero-order valence-electron chi connectivity index (χ0n) is 19.2. The van der Waals surface area contributed by atoms with Gasteiger partial charge in [-0.25, -0.2) is 0 Å². The number of rotatable bonds is 3. The van der Waals surface area contributed by atoms with E-state index in [1.54, 1.807) is 13.8 Å². The molecule has 0 N–H and O–H groups in total. The van der Waals surface area contributed by atoms with Gasteiger partial charge in [-0.15, -0.1) is 0 Å². The van der Waals surface area contributed by atoms with Crippen molar-refractivity contribution in [2.75, 3.05) is 0 Å². The highest BCUT2D eigenvalue weighted by atomic mass is 16.5. The van der Waals surface area contributed by atoms with Crippen LogP contribution in [0.15, 0.2) is 23.5 Å². The van der Waals surface area contributed by atoms with Crippen LogP contribution in [0, 0.1) is 40.4 Å². The third kappa shape index (κ3) is 3.00. The molecule has 2 aliphatic carbocycles. The molecule has 3 aliphatic rings. The molecule has 0 saturated carbocycles. The summed E-state index contributed by atoms with van der Waals surface area (Å²) in [7, 11) is 0. The average Bonchev–Trinajstić information content (AvgIpc) is 2.57. The standard InChI is InChI=1S/C25H38O3/c1-14(2)12-17-18-13-16(15(3)4)10-11-25(18,9)28-21-19(17)20(26)23(5,6)22(27)24(21,7)8/h10-11,14-18H,12-13H2,1-9H3/t16?,17-,18+,25+/m1/s1. The van der Waals surface area contributed by atoms with Crippen molar-refractivity contribution in [1.29, 1.82) is 0 Å². The highest BCUT2D eigenvalue weighted by Crippen LogP contribution is 2.57. The molecule has 28 heavy (non-hydrogen) atoms. The fourth-order valence-corrected chi connectivity index (χ4v) is 5.71. The lowest BCUT2D eigenvalue weighted by Gasteiger charge is -2.55. The minimum Gasteiger partial charge on any atom is -0.486 e. The third-order valence-corrected chi connectivity index (χ3v) is 7.46. The lowest BCUT2D eigenvalue weighted by Crippen LogP contribution is -2.58. The second-order valence-corrected chi connectivity index (χ2v) is 11.3. The van der Waals surface area contributed by atoms with Gasteiger partial charge in [0.05, 0.1) is 10.8 Å². The van der Waals surface area contributed by atoms with Gasteiger partial charge in [0.1, 0.15) is 11.4 Å². The van der Waals surface area contributed by atoms with Crippen molar-refractivity contribution in [3.8, 4) is 0 Å². The fourth-order valence-electron chi connectivity index (χ4n) is 5.71. The summed E-state index contributed by atoms with van der Waals surface area (Å²) in [6.45, 7) is 18.6. The Bertz CT molecular complexity index is 750. The van der Waals surface area contributed by atoms with Gasteiger partial charge in [-0.1, -0.05) is 33.8 Å². The normalized spacial score (nSPS) is 36.5. The largest absolute Gasteiger partial charge is 0.486 e. The van der Waals surface area contributed by atoms with Crippen LogP contribution in [0.1, 0.15) is 75.2 Å². The molecule has 0 fully saturated rings. The van der Waals surface area contributed by atoms with Gasteiger partial charge in [0.2, 0.25) is 0 Å². The lowest BCUT2D eigenvalue weighted by molar-refractivity contribution is -0.152. The van der Waals surface area contributed by atoms with Crippen LogP contribution in [0.2, 0.25) is 0 Å². The maximum atomic E-state index is 13.6. The summed E-state index contributed by atoms with van der Waals surface area (Å²) in [5.41, 5.74) is -1.41. The van der Waals surface area contributed by atoms with Crippen LogP contribution in [0.25, 0.3) is 0 Å². The first-order valence-corrected chi connectivity index (χ1v) is 11.0. The Kier molecular flexibility index (Phi) is 5.00. The van der Waals surface area contributed by atoms with E-state index in [2.05, 4.69) is 46.8 Å². The van der Waals surface area contributed by atoms with E-state index in [1.165, 1.54) is 0 Å². The van der Waals surface area contributed by atoms with E-state index in [-0.39, 0.29) is 23.4 Å². The van der Waals surface area contributed by atoms with Gasteiger partial charge < -0.3 is 4.74 Å². The smallest absolute Gasteiger partial charge is 0.175 e. The number of carbonyl (C=O) groups is 2. The van der Waals surface area contributed by atoms with Crippen molar-refractivity contribution in [3.63, 3.8) is 0 Å². The second-order valence-electron chi connectivity index (χ2n) is 11.3. The SMILES string of the molecule is CC(C)C[C@H]1C2=C(O[C@@]3(C)C=CC(C(C)C)C[C@@H]13)C(C)(C)C(=O)C(C)(C)C2=O. The Morgan fingerprint density at radius 1 is 1.04 bits per heavy atom. The summed E-state index contributed by atoms with van der Waals surface area (Å²) >= 11 is 0. The Morgan fingerprint density at radius 2 is 1.64 bits per heavy atom. The number of Topliss-reactive ketones (excluding diaryl/α,β-unsaturated/α-hetero) is 2. The number of carbonyl (C=O) groups excluding carboxylic acids is 2. The van der Waals surface area contributed by atoms with Crippen molar-refractivity contribution < 1.29 is 14.3 Å². The van der Waals surface area contributed by atoms with Crippen LogP contribution in [0.3, 0.4) is 0 Å². The predicted molar refractivity (Wildman–Crippen MR) is 113 cm³/mol. The maximum absolute atomic E-state index is 13.6. The summed E-state index contributed by atoms with van der Waals surface area (Å²) in [6, 6.07) is 0. The Balaban J connectivity index is 2.21. The van der Waals surface area contributed by atoms with Gasteiger partial charge >= 0.3 is 0 Å². The van der Waals surface area contributed by atoms with E-state index in [0.717, 1.165) is 18.4 Å². The van der Waals surface area contributed by atoms with Gasteiger partial charge in [0, 0.05) is 11.5 Å². The van der Waals surface area contributed by atoms with Crippen molar-refractivity contribution in [2.24, 2.45) is 40.4 Å². The molecule has 1 unspecified atom stereocenters. The molecular weight excluding hydrogens is 348 g/mol. The zero-order valence-corrected chi connectivity index (χ0v) is 19.2. The molecule has 0 aromatic carbocycles. The molecule has 0 amide bonds. The van der Waals surface area contributed by atoms with Gasteiger partial charge in [-0.05, 0) is 77.2 Å². The van der Waals surface area contributed by atoms with Crippen molar-refractivity contribution in [2.45, 2.75) is 80.8 Å². The van der Waals surface area contributed by atoms with Crippen LogP contribution < -0.4 is 0 Å². The summed E-state index contributed by atoms with van der Waals surface area (Å²) in [5.74, 6) is 2.52. The Labute approximate surface area is 171 Å². The van der Waals surface area contributed by atoms with Crippen LogP contribution in [0.4, 0.5) is 0 Å². The number of fused-ring (bicyclic) bond motifs is 1. The third-order valence-electron chi connectivity index (χ3n) is 7.46. The van der Waals surface area contributed by atoms with E-state index in [0.29, 0.717) is 23.5 Å². The van der Waals surface area contributed by atoms with E-state index in [4.69, 9.17) is 4.74 Å². The summed E-state index contributed by atoms with van der Waals surface area (Å²) in [4.78, 5) is 26.8. The first-order valence-electron chi connectivity index (χ1n) is 11.0. The molecule has 0 saturated heterocycles. The number of ether oxygens (including phenoxy) is 1. The van der Waals surface area contributed by atoms with Crippen molar-refractivity contribution >= 4 is 11.6 Å². The van der Waals surface area contributed by atoms with Crippen molar-refractivity contribution in [3.05, 3.63) is 23.5 Å². The number of hydrogen-bond acceptors (Lipinski definition) is 3. The second kappa shape index (κ2) is 6.57. The Morgan fingerprint density at radius 3 is 2.18 bits per heavy atom. The van der Waals surface area contributed by atoms with Gasteiger partial charge in [-0.3, -0.25) is 9.59 Å². The maximum Gasteiger partial charge on any atom is 0.175 e. The number of hydrogen-bond donors (Lipinski definition) is 0. The molecule has 1 heterocycles. The predicted octanol–water partition coefficient (Wildman–Crippen LogP) is 5.74. The van der Waals surface area contributed by atoms with Gasteiger partial charge in [0.15, 0.2) is 11.6 Å². The van der Waals surface area contributed by atoms with E-state index < -0.39 is 16.4 Å². The first kappa shape index (κ1) is 21.3. The quantitative estimate of drug-likeness (QED) is 0.458. The molecule has 156 valence electrons. The van der Waals surface area contributed by atoms with E-state index in [9.17, 15) is 9.59 Å². The monoisotopic (exact) mass is 386 g/mol. The minimum atomic E-state index is -0.989. The van der Waals surface area contributed by atoms with E-state index >= 15 is 0 Å². The summed E-state index contributed by atoms with van der Waals surface area (Å²) in [6.07, 6.45) is 6.49. The molecule has 0 aromatic rings. The minimum absolute atomic E-state index is 0.0184. The van der Waals surface area contributed by atoms with Gasteiger partial charge in [0.25, 0.3) is 0 Å². The zero-order chi connectivity index (χ0) is 21.2. The molecular formula is C25H38O3. The number of allylic oxidation sites excluding steroid dienone is 3. The molecule has 3 nitrogen and oxygen atoms in total. The molecule has 0 spiro atoms. The highest BCUT2D eigenvalue weighted by molar-refractivity contribution is 6.19. The van der Waals surface area contributed by atoms with Crippen LogP contribution >= 0.6 is 0 Å². The van der Waals surface area contributed by atoms with E-state index in [1.807, 2.05) is 13.8 Å². The summed E-state index contributed by atoms with van der Waals surface area (Å²) < 4.78 is 6.62. The molecule has 0 radical (unpaired) electrons. The first-order chi connectivity index (χ1) is 12.7. The summed E-state index contributed by atoms with van der Waals surface area (Å²) in [5, 5.41) is 0. The molecule has 3 heteroatoms. The van der Waals surface area contributed by atoms with Crippen LogP contribution in [0.5, 0.6) is 0 Å². The molecule has 1 aliphatic heterocycles. The molecule has 0 aromatic heterocycles. The van der Waals surface area contributed by atoms with Crippen LogP contribution in [-0.4, -0.2) is 17.2 Å².